The van der Waals surface area contributed by atoms with Gasteiger partial charge in [-0.25, -0.2) is 15.0 Å². The Balaban J connectivity index is 1.25. The quantitative estimate of drug-likeness (QED) is 0.369. The number of carbonyl (C=O) groups is 1. The van der Waals surface area contributed by atoms with Crippen LogP contribution in [-0.4, -0.2) is 60.2 Å². The van der Waals surface area contributed by atoms with E-state index in [1.165, 1.54) is 0 Å². The first-order chi connectivity index (χ1) is 17.3. The van der Waals surface area contributed by atoms with Crippen LogP contribution in [-0.2, 0) is 12.7 Å². The fourth-order valence-corrected chi connectivity index (χ4v) is 6.09. The smallest absolute Gasteiger partial charge is 0.328 e. The van der Waals surface area contributed by atoms with E-state index in [1.807, 2.05) is 40.9 Å². The number of hydrogen-bond acceptors (Lipinski definition) is 6. The first-order valence-electron chi connectivity index (χ1n) is 11.4. The highest BCUT2D eigenvalue weighted by atomic mass is 35.5. The molecule has 5 heterocycles. The van der Waals surface area contributed by atoms with Crippen LogP contribution in [0.15, 0.2) is 48.1 Å². The van der Waals surface area contributed by atoms with Crippen LogP contribution in [0.4, 0.5) is 13.2 Å². The van der Waals surface area contributed by atoms with Crippen molar-refractivity contribution in [1.29, 1.82) is 0 Å². The highest BCUT2D eigenvalue weighted by Gasteiger charge is 2.44. The molecule has 7 nitrogen and oxygen atoms in total. The van der Waals surface area contributed by atoms with Crippen molar-refractivity contribution in [3.05, 3.63) is 69.5 Å². The maximum Gasteiger partial charge on any atom is 0.434 e. The molecule has 2 unspecified atom stereocenters. The summed E-state index contributed by atoms with van der Waals surface area (Å²) in [6, 6.07) is 9.20. The molecule has 2 aliphatic rings. The molecule has 2 saturated heterocycles. The molecule has 0 aliphatic carbocycles. The number of amides is 1. The lowest BCUT2D eigenvalue weighted by molar-refractivity contribution is -0.140. The van der Waals surface area contributed by atoms with Crippen LogP contribution in [0.5, 0.6) is 0 Å². The summed E-state index contributed by atoms with van der Waals surface area (Å²) in [5.41, 5.74) is 1.71. The Labute approximate surface area is 213 Å². The molecule has 0 spiro atoms. The van der Waals surface area contributed by atoms with Crippen LogP contribution in [0.1, 0.15) is 34.0 Å². The summed E-state index contributed by atoms with van der Waals surface area (Å²) in [7, 11) is 0. The summed E-state index contributed by atoms with van der Waals surface area (Å²) in [5.74, 6) is 0.182. The molecule has 2 fully saturated rings. The van der Waals surface area contributed by atoms with Gasteiger partial charge in [-0.3, -0.25) is 14.1 Å². The number of benzene rings is 1. The van der Waals surface area contributed by atoms with Gasteiger partial charge in [0.15, 0.2) is 10.7 Å². The van der Waals surface area contributed by atoms with Crippen molar-refractivity contribution in [3.8, 4) is 11.3 Å². The van der Waals surface area contributed by atoms with E-state index in [2.05, 4.69) is 14.9 Å². The Hall–Kier alpha value is -3.02. The zero-order valence-electron chi connectivity index (χ0n) is 18.8. The van der Waals surface area contributed by atoms with Gasteiger partial charge >= 0.3 is 6.18 Å². The third-order valence-electron chi connectivity index (χ3n) is 6.76. The van der Waals surface area contributed by atoms with E-state index in [1.54, 1.807) is 11.1 Å². The van der Waals surface area contributed by atoms with Crippen molar-refractivity contribution in [3.63, 3.8) is 0 Å². The fraction of sp³-hybridized carbons (Fsp3) is 0.333. The fourth-order valence-electron chi connectivity index (χ4n) is 5.20. The van der Waals surface area contributed by atoms with Gasteiger partial charge < -0.3 is 4.90 Å². The van der Waals surface area contributed by atoms with Crippen molar-refractivity contribution in [2.24, 2.45) is 0 Å². The van der Waals surface area contributed by atoms with E-state index in [0.717, 1.165) is 46.5 Å². The summed E-state index contributed by atoms with van der Waals surface area (Å²) in [4.78, 5) is 29.9. The molecular formula is C24H20ClF3N6OS. The van der Waals surface area contributed by atoms with E-state index in [0.29, 0.717) is 30.4 Å². The molecule has 186 valence electrons. The molecule has 2 bridgehead atoms. The van der Waals surface area contributed by atoms with Crippen LogP contribution in [0.3, 0.4) is 0 Å². The van der Waals surface area contributed by atoms with Gasteiger partial charge in [0.2, 0.25) is 5.78 Å². The molecule has 0 radical (unpaired) electrons. The number of carbonyl (C=O) groups excluding carboxylic acids is 1. The summed E-state index contributed by atoms with van der Waals surface area (Å²) >= 11 is 6.83. The molecule has 2 atom stereocenters. The Bertz CT molecular complexity index is 1420. The number of nitrogens with zero attached hydrogens (tertiary/aromatic N) is 6. The van der Waals surface area contributed by atoms with Gasteiger partial charge in [0.1, 0.15) is 0 Å². The number of alkyl halides is 3. The minimum atomic E-state index is -4.56. The van der Waals surface area contributed by atoms with Crippen LogP contribution in [0, 0.1) is 0 Å². The van der Waals surface area contributed by atoms with Gasteiger partial charge in [-0.1, -0.05) is 23.7 Å². The zero-order valence-corrected chi connectivity index (χ0v) is 20.4. The molecule has 12 heteroatoms. The van der Waals surface area contributed by atoms with E-state index in [9.17, 15) is 18.0 Å². The summed E-state index contributed by atoms with van der Waals surface area (Å²) in [6.07, 6.45) is 0.689. The maximum absolute atomic E-state index is 13.1. The van der Waals surface area contributed by atoms with Gasteiger partial charge in [0.25, 0.3) is 5.91 Å². The topological polar surface area (TPSA) is 66.6 Å². The lowest BCUT2D eigenvalue weighted by atomic mass is 10.1. The molecule has 6 rings (SSSR count). The Morgan fingerprint density at radius 3 is 2.50 bits per heavy atom. The van der Waals surface area contributed by atoms with E-state index in [4.69, 9.17) is 16.6 Å². The number of halogens is 4. The second-order valence-electron chi connectivity index (χ2n) is 9.03. The van der Waals surface area contributed by atoms with E-state index in [-0.39, 0.29) is 17.1 Å². The second kappa shape index (κ2) is 8.82. The molecule has 2 aliphatic heterocycles. The standard InChI is InChI=1S/C24H20ClF3N6OS/c25-15-4-2-14(3-5-15)20-18(33-9-1-8-29-23(33)31-20)12-32-10-16-6-7-17(11-32)34(16)22(35)21-30-19(13-36-21)24(26,27)28/h1-5,8-9,13,16-17H,6-7,10-12H2. The maximum atomic E-state index is 13.1. The Kier molecular flexibility index (Phi) is 5.73. The average Bonchev–Trinajstić information content (AvgIpc) is 3.55. The first-order valence-corrected chi connectivity index (χ1v) is 12.7. The lowest BCUT2D eigenvalue weighted by Crippen LogP contribution is -2.55. The summed E-state index contributed by atoms with van der Waals surface area (Å²) < 4.78 is 40.9. The minimum Gasteiger partial charge on any atom is -0.328 e. The number of imidazole rings is 1. The van der Waals surface area contributed by atoms with Gasteiger partial charge in [-0.2, -0.15) is 13.2 Å². The van der Waals surface area contributed by atoms with E-state index >= 15 is 0 Å². The monoisotopic (exact) mass is 532 g/mol. The van der Waals surface area contributed by atoms with Crippen LogP contribution in [0.25, 0.3) is 17.0 Å². The highest BCUT2D eigenvalue weighted by Crippen LogP contribution is 2.36. The number of fused-ring (bicyclic) bond motifs is 3. The Morgan fingerprint density at radius 1 is 1.11 bits per heavy atom. The molecule has 1 amide bonds. The predicted molar refractivity (Wildman–Crippen MR) is 129 cm³/mol. The van der Waals surface area contributed by atoms with Crippen molar-refractivity contribution < 1.29 is 18.0 Å². The zero-order chi connectivity index (χ0) is 25.0. The number of rotatable bonds is 4. The first kappa shape index (κ1) is 23.4. The number of likely N-dealkylation sites (tertiary alicyclic amines) is 1. The van der Waals surface area contributed by atoms with Crippen molar-refractivity contribution >= 4 is 34.6 Å². The van der Waals surface area contributed by atoms with Crippen molar-refractivity contribution in [1.82, 2.24) is 29.2 Å². The number of piperazine rings is 1. The van der Waals surface area contributed by atoms with Gasteiger partial charge in [0.05, 0.1) is 11.4 Å². The number of thiazole rings is 1. The van der Waals surface area contributed by atoms with Crippen LogP contribution < -0.4 is 0 Å². The molecule has 0 N–H and O–H groups in total. The summed E-state index contributed by atoms with van der Waals surface area (Å²) in [6.45, 7) is 1.83. The molecule has 1 aromatic carbocycles. The summed E-state index contributed by atoms with van der Waals surface area (Å²) in [5, 5.41) is 1.44. The van der Waals surface area contributed by atoms with Gasteiger partial charge in [-0.05, 0) is 31.0 Å². The third kappa shape index (κ3) is 4.14. The van der Waals surface area contributed by atoms with Gasteiger partial charge in [0, 0.05) is 60.1 Å². The normalized spacial score (nSPS) is 20.4. The highest BCUT2D eigenvalue weighted by molar-refractivity contribution is 7.11. The Morgan fingerprint density at radius 2 is 1.83 bits per heavy atom. The number of aromatic nitrogens is 4. The predicted octanol–water partition coefficient (Wildman–Crippen LogP) is 5.01. The van der Waals surface area contributed by atoms with Crippen LogP contribution >= 0.6 is 22.9 Å². The third-order valence-corrected chi connectivity index (χ3v) is 7.85. The largest absolute Gasteiger partial charge is 0.434 e. The van der Waals surface area contributed by atoms with E-state index < -0.39 is 17.8 Å². The molecule has 3 aromatic heterocycles. The average molecular weight is 533 g/mol. The van der Waals surface area contributed by atoms with Gasteiger partial charge in [-0.15, -0.1) is 11.3 Å². The second-order valence-corrected chi connectivity index (χ2v) is 10.3. The number of hydrogen-bond donors (Lipinski definition) is 0. The molecule has 0 saturated carbocycles. The minimum absolute atomic E-state index is 0.0780. The lowest BCUT2D eigenvalue weighted by Gasteiger charge is -2.40. The SMILES string of the molecule is O=C(c1nc(C(F)(F)F)cs1)N1C2CCC1CN(Cc1c(-c3ccc(Cl)cc3)nc3ncccn13)C2. The molecule has 4 aromatic rings. The van der Waals surface area contributed by atoms with Crippen molar-refractivity contribution in [2.75, 3.05) is 13.1 Å². The molecular weight excluding hydrogens is 513 g/mol. The van der Waals surface area contributed by atoms with Crippen molar-refractivity contribution in [2.45, 2.75) is 37.6 Å². The van der Waals surface area contributed by atoms with Crippen LogP contribution in [0.2, 0.25) is 5.02 Å². The molecule has 36 heavy (non-hydrogen) atoms.